The van der Waals surface area contributed by atoms with E-state index in [1.54, 1.807) is 22.9 Å². The molecule has 1 saturated carbocycles. The molecule has 2 amide bonds. The number of halogens is 2. The Morgan fingerprint density at radius 2 is 1.86 bits per heavy atom. The number of hydrogen-bond acceptors (Lipinski definition) is 6. The molecule has 1 aromatic heterocycles. The Hall–Kier alpha value is -2.20. The third kappa shape index (κ3) is 6.02. The van der Waals surface area contributed by atoms with Crippen molar-refractivity contribution >= 4 is 35.0 Å². The largest absolute Gasteiger partial charge is 0.396 e. The van der Waals surface area contributed by atoms with E-state index >= 15 is 0 Å². The molecule has 9 nitrogen and oxygen atoms in total. The van der Waals surface area contributed by atoms with Gasteiger partial charge in [-0.1, -0.05) is 49.2 Å². The molecule has 11 heteroatoms. The topological polar surface area (TPSA) is 121 Å². The fraction of sp³-hybridized carbons (Fsp3) is 0.600. The highest BCUT2D eigenvalue weighted by molar-refractivity contribution is 6.34. The molecule has 3 N–H and O–H groups in total. The summed E-state index contributed by atoms with van der Waals surface area (Å²) < 4.78 is 1.60. The number of carbonyl (C=O) groups excluding carboxylic acids is 2. The fourth-order valence-corrected chi connectivity index (χ4v) is 5.36. The average molecular weight is 538 g/mol. The molecule has 3 unspecified atom stereocenters. The van der Waals surface area contributed by atoms with Crippen molar-refractivity contribution in [3.63, 3.8) is 0 Å². The van der Waals surface area contributed by atoms with Gasteiger partial charge in [0.1, 0.15) is 12.1 Å². The fourth-order valence-electron chi connectivity index (χ4n) is 4.82. The number of aliphatic hydroxyl groups is 2. The molecule has 36 heavy (non-hydrogen) atoms. The minimum Gasteiger partial charge on any atom is -0.396 e. The number of aromatic nitrogens is 3. The summed E-state index contributed by atoms with van der Waals surface area (Å²) in [6, 6.07) is 2.81. The Morgan fingerprint density at radius 1 is 1.19 bits per heavy atom. The van der Waals surface area contributed by atoms with Gasteiger partial charge in [0.05, 0.1) is 17.8 Å². The quantitative estimate of drug-likeness (QED) is 0.475. The number of hydrogen-bond donors (Lipinski definition) is 3. The molecule has 1 aliphatic heterocycles. The smallest absolute Gasteiger partial charge is 0.248 e. The number of likely N-dealkylation sites (tertiary alicyclic amines) is 1. The van der Waals surface area contributed by atoms with Gasteiger partial charge in [-0.25, -0.2) is 4.68 Å². The van der Waals surface area contributed by atoms with E-state index in [-0.39, 0.29) is 31.9 Å². The van der Waals surface area contributed by atoms with Crippen LogP contribution >= 0.6 is 23.2 Å². The van der Waals surface area contributed by atoms with E-state index in [4.69, 9.17) is 23.2 Å². The highest BCUT2D eigenvalue weighted by atomic mass is 35.5. The van der Waals surface area contributed by atoms with Crippen LogP contribution in [0.4, 0.5) is 0 Å². The predicted molar refractivity (Wildman–Crippen MR) is 136 cm³/mol. The highest BCUT2D eigenvalue weighted by Gasteiger charge is 2.45. The Balaban J connectivity index is 1.57. The molecule has 2 aromatic rings. The molecular formula is C25H33Cl2N5O4. The van der Waals surface area contributed by atoms with Gasteiger partial charge in [-0.15, -0.1) is 5.10 Å². The zero-order valence-corrected chi connectivity index (χ0v) is 22.2. The Kier molecular flexibility index (Phi) is 7.95. The molecule has 1 saturated heterocycles. The lowest BCUT2D eigenvalue weighted by Crippen LogP contribution is -2.51. The second kappa shape index (κ2) is 10.7. The van der Waals surface area contributed by atoms with Gasteiger partial charge < -0.3 is 20.4 Å². The number of β-amino-alcohol motifs (C(OH)–C–C–N with tert-alkyl or cyclic N) is 1. The van der Waals surface area contributed by atoms with Crippen molar-refractivity contribution in [2.45, 2.75) is 76.6 Å². The van der Waals surface area contributed by atoms with Gasteiger partial charge in [-0.3, -0.25) is 9.59 Å². The molecule has 0 radical (unpaired) electrons. The predicted octanol–water partition coefficient (Wildman–Crippen LogP) is 3.25. The zero-order chi connectivity index (χ0) is 26.2. The first kappa shape index (κ1) is 26.9. The molecule has 2 fully saturated rings. The van der Waals surface area contributed by atoms with Crippen LogP contribution < -0.4 is 5.32 Å². The first-order valence-electron chi connectivity index (χ1n) is 12.3. The summed E-state index contributed by atoms with van der Waals surface area (Å²) in [5.41, 5.74) is 1.01. The van der Waals surface area contributed by atoms with Gasteiger partial charge in [0.15, 0.2) is 0 Å². The maximum absolute atomic E-state index is 13.9. The summed E-state index contributed by atoms with van der Waals surface area (Å²) >= 11 is 12.3. The van der Waals surface area contributed by atoms with Crippen molar-refractivity contribution in [1.82, 2.24) is 25.2 Å². The minimum atomic E-state index is -0.875. The van der Waals surface area contributed by atoms with Crippen LogP contribution in [0.2, 0.25) is 10.0 Å². The summed E-state index contributed by atoms with van der Waals surface area (Å²) in [5, 5.41) is 32.3. The number of amides is 2. The maximum atomic E-state index is 13.9. The Labute approximate surface area is 220 Å². The summed E-state index contributed by atoms with van der Waals surface area (Å²) in [6.07, 6.45) is 3.48. The van der Waals surface area contributed by atoms with E-state index in [0.717, 1.165) is 18.5 Å². The van der Waals surface area contributed by atoms with E-state index in [9.17, 15) is 19.8 Å². The van der Waals surface area contributed by atoms with Crippen molar-refractivity contribution in [3.05, 3.63) is 45.7 Å². The van der Waals surface area contributed by atoms with Gasteiger partial charge in [0.25, 0.3) is 0 Å². The van der Waals surface area contributed by atoms with Crippen molar-refractivity contribution < 1.29 is 19.8 Å². The maximum Gasteiger partial charge on any atom is 0.248 e. The lowest BCUT2D eigenvalue weighted by atomic mass is 9.85. The van der Waals surface area contributed by atoms with Crippen LogP contribution in [0.1, 0.15) is 75.7 Å². The second-order valence-electron chi connectivity index (χ2n) is 10.8. The van der Waals surface area contributed by atoms with E-state index < -0.39 is 35.6 Å². The lowest BCUT2D eigenvalue weighted by molar-refractivity contribution is -0.144. The standard InChI is InChI=1S/C25H33Cl2N5O4/c1-25(2,3)22(32-13-20(29-30-32)14-4-5-14)24(36)31-12-18(34)11-21(31)23(35)28-19(6-7-33)15-8-16(26)10-17(27)9-15/h8-10,13-14,18-19,21-22,33-34H,4-7,11-12H2,1-3H3,(H,28,35)/t18?,19?,21?,22-/m1/s1. The second-order valence-corrected chi connectivity index (χ2v) is 11.7. The first-order valence-corrected chi connectivity index (χ1v) is 13.0. The van der Waals surface area contributed by atoms with E-state index in [0.29, 0.717) is 21.5 Å². The Bertz CT molecular complexity index is 1090. The molecule has 196 valence electrons. The van der Waals surface area contributed by atoms with Gasteiger partial charge >= 0.3 is 0 Å². The van der Waals surface area contributed by atoms with E-state index in [2.05, 4.69) is 15.6 Å². The van der Waals surface area contributed by atoms with Gasteiger partial charge in [0.2, 0.25) is 11.8 Å². The van der Waals surface area contributed by atoms with Crippen molar-refractivity contribution in [2.24, 2.45) is 5.41 Å². The molecule has 1 aromatic carbocycles. The van der Waals surface area contributed by atoms with Crippen LogP contribution in [0.5, 0.6) is 0 Å². The number of aliphatic hydroxyl groups excluding tert-OH is 2. The zero-order valence-electron chi connectivity index (χ0n) is 20.7. The Morgan fingerprint density at radius 3 is 2.44 bits per heavy atom. The van der Waals surface area contributed by atoms with Gasteiger partial charge in [-0.2, -0.15) is 0 Å². The van der Waals surface area contributed by atoms with Gasteiger partial charge in [-0.05, 0) is 48.4 Å². The van der Waals surface area contributed by atoms with Crippen molar-refractivity contribution in [1.29, 1.82) is 0 Å². The molecule has 0 spiro atoms. The average Bonchev–Trinajstić information content (AvgIpc) is 3.39. The summed E-state index contributed by atoms with van der Waals surface area (Å²) in [6.45, 7) is 5.69. The highest BCUT2D eigenvalue weighted by Crippen LogP contribution is 2.40. The normalized spacial score (nSPS) is 21.9. The number of nitrogens with one attached hydrogen (secondary N) is 1. The van der Waals surface area contributed by atoms with Crippen LogP contribution in [0.25, 0.3) is 0 Å². The lowest BCUT2D eigenvalue weighted by Gasteiger charge is -2.35. The van der Waals surface area contributed by atoms with Crippen LogP contribution in [-0.2, 0) is 9.59 Å². The molecular weight excluding hydrogens is 505 g/mol. The third-order valence-electron chi connectivity index (χ3n) is 6.73. The van der Waals surface area contributed by atoms with Crippen LogP contribution in [0.3, 0.4) is 0 Å². The summed E-state index contributed by atoms with van der Waals surface area (Å²) in [5.74, 6) is -0.319. The number of rotatable bonds is 8. The number of nitrogens with zero attached hydrogens (tertiary/aromatic N) is 4. The van der Waals surface area contributed by atoms with Gasteiger partial charge in [0, 0.05) is 41.7 Å². The molecule has 2 heterocycles. The minimum absolute atomic E-state index is 0.0430. The van der Waals surface area contributed by atoms with Crippen molar-refractivity contribution in [2.75, 3.05) is 13.2 Å². The molecule has 4 atom stereocenters. The molecule has 0 bridgehead atoms. The molecule has 2 aliphatic rings. The summed E-state index contributed by atoms with van der Waals surface area (Å²) in [7, 11) is 0. The number of carbonyl (C=O) groups is 2. The summed E-state index contributed by atoms with van der Waals surface area (Å²) in [4.78, 5) is 28.8. The van der Waals surface area contributed by atoms with Crippen LogP contribution in [0.15, 0.2) is 24.4 Å². The SMILES string of the molecule is CC(C)(C)[C@@H](C(=O)N1CC(O)CC1C(=O)NC(CCO)c1cc(Cl)cc(Cl)c1)n1cc(C2CC2)nn1. The van der Waals surface area contributed by atoms with Crippen LogP contribution in [-0.4, -0.2) is 67.2 Å². The van der Waals surface area contributed by atoms with Crippen molar-refractivity contribution in [3.8, 4) is 0 Å². The number of benzene rings is 1. The van der Waals surface area contributed by atoms with E-state index in [1.807, 2.05) is 27.0 Å². The van der Waals surface area contributed by atoms with Crippen LogP contribution in [0, 0.1) is 5.41 Å². The first-order chi connectivity index (χ1) is 17.0. The molecule has 4 rings (SSSR count). The van der Waals surface area contributed by atoms with E-state index in [1.165, 1.54) is 4.90 Å². The monoisotopic (exact) mass is 537 g/mol. The molecule has 1 aliphatic carbocycles. The third-order valence-corrected chi connectivity index (χ3v) is 7.17.